The summed E-state index contributed by atoms with van der Waals surface area (Å²) in [6.07, 6.45) is 7.17. The molecule has 96 valence electrons. The van der Waals surface area contributed by atoms with Crippen LogP contribution in [0.4, 0.5) is 0 Å². The molecule has 0 unspecified atom stereocenters. The molecule has 0 atom stereocenters. The van der Waals surface area contributed by atoms with E-state index < -0.39 is 5.60 Å². The van der Waals surface area contributed by atoms with Crippen molar-refractivity contribution in [2.45, 2.75) is 64.9 Å². The monoisotopic (exact) mass is 234 g/mol. The van der Waals surface area contributed by atoms with E-state index in [0.717, 1.165) is 6.42 Å². The number of hydrogen-bond acceptors (Lipinski definition) is 1. The minimum absolute atomic E-state index is 0.608. The Morgan fingerprint density at radius 2 is 1.53 bits per heavy atom. The van der Waals surface area contributed by atoms with Gasteiger partial charge in [-0.05, 0) is 37.8 Å². The molecule has 0 saturated carbocycles. The first-order chi connectivity index (χ1) is 8.01. The maximum Gasteiger partial charge on any atom is 0.0631 e. The Morgan fingerprint density at radius 3 is 2.06 bits per heavy atom. The summed E-state index contributed by atoms with van der Waals surface area (Å²) in [6.45, 7) is 5.95. The van der Waals surface area contributed by atoms with Crippen LogP contribution in [0.2, 0.25) is 0 Å². The second-order valence-corrected chi connectivity index (χ2v) is 5.62. The molecule has 0 bridgehead atoms. The van der Waals surface area contributed by atoms with Gasteiger partial charge in [0.2, 0.25) is 0 Å². The molecule has 17 heavy (non-hydrogen) atoms. The van der Waals surface area contributed by atoms with Crippen LogP contribution in [0, 0.1) is 0 Å². The average molecular weight is 234 g/mol. The van der Waals surface area contributed by atoms with Gasteiger partial charge in [-0.1, -0.05) is 50.5 Å². The maximum absolute atomic E-state index is 9.74. The second-order valence-electron chi connectivity index (χ2n) is 5.62. The molecular weight excluding hydrogens is 208 g/mol. The van der Waals surface area contributed by atoms with Crippen LogP contribution in [0.1, 0.15) is 57.6 Å². The Hall–Kier alpha value is -0.820. The van der Waals surface area contributed by atoms with Gasteiger partial charge in [0.05, 0.1) is 5.60 Å². The molecule has 0 aromatic heterocycles. The Kier molecular flexibility index (Phi) is 5.70. The summed E-state index contributed by atoms with van der Waals surface area (Å²) in [5.41, 5.74) is 2.03. The summed E-state index contributed by atoms with van der Waals surface area (Å²) in [5, 5.41) is 9.74. The first kappa shape index (κ1) is 14.2. The van der Waals surface area contributed by atoms with Gasteiger partial charge in [-0.3, -0.25) is 0 Å². The van der Waals surface area contributed by atoms with Crippen molar-refractivity contribution in [3.63, 3.8) is 0 Å². The van der Waals surface area contributed by atoms with E-state index in [0.29, 0.717) is 0 Å². The van der Waals surface area contributed by atoms with Crippen LogP contribution in [0.5, 0.6) is 0 Å². The molecule has 0 radical (unpaired) electrons. The van der Waals surface area contributed by atoms with Crippen LogP contribution in [0.25, 0.3) is 0 Å². The number of unbranched alkanes of at least 4 members (excludes halogenated alkanes) is 3. The molecule has 0 aliphatic heterocycles. The van der Waals surface area contributed by atoms with Crippen LogP contribution < -0.4 is 0 Å². The zero-order valence-electron chi connectivity index (χ0n) is 11.5. The third-order valence-corrected chi connectivity index (χ3v) is 2.98. The smallest absolute Gasteiger partial charge is 0.0631 e. The molecule has 1 N–H and O–H groups in total. The molecule has 1 aromatic carbocycles. The fourth-order valence-electron chi connectivity index (χ4n) is 2.08. The van der Waals surface area contributed by atoms with Gasteiger partial charge in [-0.15, -0.1) is 0 Å². The van der Waals surface area contributed by atoms with E-state index in [4.69, 9.17) is 0 Å². The van der Waals surface area contributed by atoms with Crippen molar-refractivity contribution in [3.8, 4) is 0 Å². The standard InChI is InChI=1S/C16H26O/c1-4-5-6-7-8-14-9-11-15(12-10-14)13-16(2,3)17/h9-12,17H,4-8,13H2,1-3H3. The van der Waals surface area contributed by atoms with E-state index >= 15 is 0 Å². The highest BCUT2D eigenvalue weighted by atomic mass is 16.3. The number of hydrogen-bond donors (Lipinski definition) is 1. The fraction of sp³-hybridized carbons (Fsp3) is 0.625. The lowest BCUT2D eigenvalue weighted by Crippen LogP contribution is -2.21. The summed E-state index contributed by atoms with van der Waals surface area (Å²) >= 11 is 0. The number of aliphatic hydroxyl groups is 1. The topological polar surface area (TPSA) is 20.2 Å². The predicted molar refractivity (Wildman–Crippen MR) is 74.3 cm³/mol. The van der Waals surface area contributed by atoms with E-state index in [1.54, 1.807) is 0 Å². The van der Waals surface area contributed by atoms with E-state index in [9.17, 15) is 5.11 Å². The predicted octanol–water partition coefficient (Wildman–Crippen LogP) is 4.12. The van der Waals surface area contributed by atoms with E-state index in [1.807, 2.05) is 13.8 Å². The SMILES string of the molecule is CCCCCCc1ccc(CC(C)(C)O)cc1. The molecule has 0 aliphatic rings. The molecule has 1 heteroatoms. The summed E-state index contributed by atoms with van der Waals surface area (Å²) in [7, 11) is 0. The quantitative estimate of drug-likeness (QED) is 0.704. The molecule has 1 aromatic rings. The summed E-state index contributed by atoms with van der Waals surface area (Å²) < 4.78 is 0. The van der Waals surface area contributed by atoms with Crippen molar-refractivity contribution in [1.29, 1.82) is 0 Å². The average Bonchev–Trinajstić information content (AvgIpc) is 2.25. The van der Waals surface area contributed by atoms with E-state index in [-0.39, 0.29) is 0 Å². The van der Waals surface area contributed by atoms with Gasteiger partial charge in [0.25, 0.3) is 0 Å². The van der Waals surface area contributed by atoms with Crippen LogP contribution in [-0.4, -0.2) is 10.7 Å². The van der Waals surface area contributed by atoms with E-state index in [1.165, 1.54) is 43.2 Å². The number of rotatable bonds is 7. The van der Waals surface area contributed by atoms with Crippen molar-refractivity contribution in [3.05, 3.63) is 35.4 Å². The van der Waals surface area contributed by atoms with E-state index in [2.05, 4.69) is 31.2 Å². The van der Waals surface area contributed by atoms with Gasteiger partial charge in [0.15, 0.2) is 0 Å². The largest absolute Gasteiger partial charge is 0.390 e. The molecule has 0 aliphatic carbocycles. The highest BCUT2D eigenvalue weighted by Gasteiger charge is 2.12. The van der Waals surface area contributed by atoms with Crippen molar-refractivity contribution >= 4 is 0 Å². The first-order valence-electron chi connectivity index (χ1n) is 6.81. The molecule has 1 nitrogen and oxygen atoms in total. The zero-order valence-corrected chi connectivity index (χ0v) is 11.5. The maximum atomic E-state index is 9.74. The highest BCUT2D eigenvalue weighted by molar-refractivity contribution is 5.23. The second kappa shape index (κ2) is 6.80. The minimum atomic E-state index is -0.608. The molecule has 0 amide bonds. The third kappa shape index (κ3) is 6.48. The first-order valence-corrected chi connectivity index (χ1v) is 6.81. The molecule has 1 rings (SSSR count). The Balaban J connectivity index is 2.39. The lowest BCUT2D eigenvalue weighted by molar-refractivity contribution is 0.0810. The lowest BCUT2D eigenvalue weighted by Gasteiger charge is -2.17. The van der Waals surface area contributed by atoms with Crippen molar-refractivity contribution < 1.29 is 5.11 Å². The molecule has 0 spiro atoms. The minimum Gasteiger partial charge on any atom is -0.390 e. The normalized spacial score (nSPS) is 11.8. The number of benzene rings is 1. The highest BCUT2D eigenvalue weighted by Crippen LogP contribution is 2.14. The molecular formula is C16H26O. The van der Waals surface area contributed by atoms with Crippen molar-refractivity contribution in [1.82, 2.24) is 0 Å². The van der Waals surface area contributed by atoms with Gasteiger partial charge >= 0.3 is 0 Å². The summed E-state index contributed by atoms with van der Waals surface area (Å²) in [5.74, 6) is 0. The summed E-state index contributed by atoms with van der Waals surface area (Å²) in [4.78, 5) is 0. The summed E-state index contributed by atoms with van der Waals surface area (Å²) in [6, 6.07) is 8.69. The Labute approximate surface area is 106 Å². The molecule has 0 heterocycles. The van der Waals surface area contributed by atoms with Crippen molar-refractivity contribution in [2.75, 3.05) is 0 Å². The van der Waals surface area contributed by atoms with Crippen LogP contribution in [-0.2, 0) is 12.8 Å². The zero-order chi connectivity index (χ0) is 12.7. The Morgan fingerprint density at radius 1 is 0.941 bits per heavy atom. The van der Waals surface area contributed by atoms with Crippen molar-refractivity contribution in [2.24, 2.45) is 0 Å². The molecule has 0 saturated heterocycles. The van der Waals surface area contributed by atoms with Crippen LogP contribution in [0.15, 0.2) is 24.3 Å². The fourth-order valence-corrected chi connectivity index (χ4v) is 2.08. The van der Waals surface area contributed by atoms with Crippen LogP contribution >= 0.6 is 0 Å². The Bertz CT molecular complexity index is 305. The van der Waals surface area contributed by atoms with Gasteiger partial charge < -0.3 is 5.11 Å². The van der Waals surface area contributed by atoms with Gasteiger partial charge in [-0.25, -0.2) is 0 Å². The lowest BCUT2D eigenvalue weighted by atomic mass is 9.97. The van der Waals surface area contributed by atoms with Gasteiger partial charge in [-0.2, -0.15) is 0 Å². The third-order valence-electron chi connectivity index (χ3n) is 2.98. The van der Waals surface area contributed by atoms with Gasteiger partial charge in [0.1, 0.15) is 0 Å². The van der Waals surface area contributed by atoms with Gasteiger partial charge in [0, 0.05) is 6.42 Å². The van der Waals surface area contributed by atoms with Crippen LogP contribution in [0.3, 0.4) is 0 Å². The molecule has 0 fully saturated rings. The number of aryl methyl sites for hydroxylation is 1.